The summed E-state index contributed by atoms with van der Waals surface area (Å²) in [5.41, 5.74) is 0. The second kappa shape index (κ2) is 4.06. The van der Waals surface area contributed by atoms with Gasteiger partial charge in [0.2, 0.25) is 0 Å². The van der Waals surface area contributed by atoms with Crippen molar-refractivity contribution in [2.45, 2.75) is 46.5 Å². The Morgan fingerprint density at radius 1 is 1.17 bits per heavy atom. The second-order valence-corrected chi connectivity index (χ2v) is 4.43. The molecule has 1 saturated carbocycles. The van der Waals surface area contributed by atoms with E-state index in [4.69, 9.17) is 0 Å². The summed E-state index contributed by atoms with van der Waals surface area (Å²) in [5, 5.41) is 0. The minimum absolute atomic E-state index is 0.383. The highest BCUT2D eigenvalue weighted by Gasteiger charge is 2.27. The van der Waals surface area contributed by atoms with Gasteiger partial charge in [0, 0.05) is 12.3 Å². The molecule has 1 fully saturated rings. The van der Waals surface area contributed by atoms with E-state index in [0.717, 1.165) is 31.1 Å². The van der Waals surface area contributed by atoms with Crippen molar-refractivity contribution in [3.05, 3.63) is 0 Å². The Labute approximate surface area is 75.5 Å². The molecule has 0 heterocycles. The first kappa shape index (κ1) is 9.76. The van der Waals surface area contributed by atoms with Crippen molar-refractivity contribution in [1.82, 2.24) is 0 Å². The molecule has 1 aliphatic carbocycles. The van der Waals surface area contributed by atoms with Gasteiger partial charge in [-0.1, -0.05) is 20.8 Å². The van der Waals surface area contributed by atoms with Crippen LogP contribution in [0.4, 0.5) is 0 Å². The van der Waals surface area contributed by atoms with E-state index in [1.165, 1.54) is 6.42 Å². The lowest BCUT2D eigenvalue weighted by molar-refractivity contribution is -0.124. The Kier molecular flexibility index (Phi) is 3.30. The van der Waals surface area contributed by atoms with Crippen LogP contribution >= 0.6 is 0 Å². The van der Waals surface area contributed by atoms with E-state index in [-0.39, 0.29) is 0 Å². The number of carbonyl (C=O) groups excluding carboxylic acids is 1. The normalized spacial score (nSPS) is 36.4. The van der Waals surface area contributed by atoms with E-state index < -0.39 is 0 Å². The van der Waals surface area contributed by atoms with E-state index in [1.807, 2.05) is 6.92 Å². The molecular weight excluding hydrogens is 148 g/mol. The highest BCUT2D eigenvalue weighted by atomic mass is 16.1. The highest BCUT2D eigenvalue weighted by molar-refractivity contribution is 5.80. The summed E-state index contributed by atoms with van der Waals surface area (Å²) in [6.45, 7) is 6.52. The predicted octanol–water partition coefficient (Wildman–Crippen LogP) is 3.04. The molecule has 0 radical (unpaired) electrons. The Morgan fingerprint density at radius 2 is 1.67 bits per heavy atom. The molecular formula is C11H20O. The summed E-state index contributed by atoms with van der Waals surface area (Å²) in [5.74, 6) is 2.38. The Morgan fingerprint density at radius 3 is 2.08 bits per heavy atom. The topological polar surface area (TPSA) is 17.1 Å². The van der Waals surface area contributed by atoms with Crippen LogP contribution in [0.5, 0.6) is 0 Å². The number of hydrogen-bond donors (Lipinski definition) is 0. The molecule has 0 aromatic heterocycles. The molecule has 0 bridgehead atoms. The van der Waals surface area contributed by atoms with Gasteiger partial charge in [0.1, 0.15) is 5.78 Å². The molecule has 0 amide bonds. The number of ketones is 1. The van der Waals surface area contributed by atoms with E-state index in [1.54, 1.807) is 0 Å². The molecule has 12 heavy (non-hydrogen) atoms. The van der Waals surface area contributed by atoms with Gasteiger partial charge in [0.15, 0.2) is 0 Å². The first-order chi connectivity index (χ1) is 5.63. The molecule has 70 valence electrons. The molecule has 0 N–H and O–H groups in total. The van der Waals surface area contributed by atoms with E-state index >= 15 is 0 Å². The van der Waals surface area contributed by atoms with Gasteiger partial charge < -0.3 is 0 Å². The Hall–Kier alpha value is -0.330. The van der Waals surface area contributed by atoms with Crippen LogP contribution in [0.3, 0.4) is 0 Å². The molecule has 0 aromatic rings. The third kappa shape index (κ3) is 2.33. The molecule has 1 nitrogen and oxygen atoms in total. The van der Waals surface area contributed by atoms with Crippen LogP contribution in [0.1, 0.15) is 46.5 Å². The molecule has 0 saturated heterocycles. The van der Waals surface area contributed by atoms with Crippen LogP contribution in [0.15, 0.2) is 0 Å². The van der Waals surface area contributed by atoms with Crippen LogP contribution in [0, 0.1) is 17.8 Å². The van der Waals surface area contributed by atoms with E-state index in [9.17, 15) is 4.79 Å². The van der Waals surface area contributed by atoms with Gasteiger partial charge in [-0.3, -0.25) is 4.79 Å². The molecule has 1 aliphatic rings. The molecule has 2 unspecified atom stereocenters. The van der Waals surface area contributed by atoms with E-state index in [2.05, 4.69) is 13.8 Å². The summed E-state index contributed by atoms with van der Waals surface area (Å²) in [7, 11) is 0. The number of Topliss-reactive ketones (excluding diaryl/α,β-unsaturated/α-hetero) is 1. The van der Waals surface area contributed by atoms with Gasteiger partial charge in [0.25, 0.3) is 0 Å². The summed E-state index contributed by atoms with van der Waals surface area (Å²) < 4.78 is 0. The largest absolute Gasteiger partial charge is 0.299 e. The van der Waals surface area contributed by atoms with Gasteiger partial charge >= 0.3 is 0 Å². The smallest absolute Gasteiger partial charge is 0.135 e. The zero-order valence-corrected chi connectivity index (χ0v) is 8.47. The molecule has 0 aromatic carbocycles. The number of rotatable bonds is 2. The maximum Gasteiger partial charge on any atom is 0.135 e. The first-order valence-corrected chi connectivity index (χ1v) is 5.16. The fraction of sp³-hybridized carbons (Fsp3) is 0.909. The van der Waals surface area contributed by atoms with Gasteiger partial charge in [0.05, 0.1) is 0 Å². The number of carbonyl (C=O) groups is 1. The van der Waals surface area contributed by atoms with Crippen LogP contribution in [-0.2, 0) is 4.79 Å². The van der Waals surface area contributed by atoms with Crippen LogP contribution < -0.4 is 0 Å². The summed E-state index contributed by atoms with van der Waals surface area (Å²) in [6, 6.07) is 0. The summed E-state index contributed by atoms with van der Waals surface area (Å²) >= 11 is 0. The van der Waals surface area contributed by atoms with Crippen molar-refractivity contribution in [2.24, 2.45) is 17.8 Å². The number of hydrogen-bond acceptors (Lipinski definition) is 1. The first-order valence-electron chi connectivity index (χ1n) is 5.16. The van der Waals surface area contributed by atoms with Crippen molar-refractivity contribution in [3.8, 4) is 0 Å². The predicted molar refractivity (Wildman–Crippen MR) is 51.0 cm³/mol. The van der Waals surface area contributed by atoms with Gasteiger partial charge in [-0.2, -0.15) is 0 Å². The molecule has 0 aliphatic heterocycles. The second-order valence-electron chi connectivity index (χ2n) is 4.43. The molecule has 0 spiro atoms. The zero-order valence-electron chi connectivity index (χ0n) is 8.47. The maximum atomic E-state index is 11.5. The Bertz CT molecular complexity index is 152. The molecule has 1 rings (SSSR count). The fourth-order valence-corrected chi connectivity index (χ4v) is 2.50. The minimum Gasteiger partial charge on any atom is -0.299 e. The maximum absolute atomic E-state index is 11.5. The quantitative estimate of drug-likeness (QED) is 0.619. The molecule has 1 heteroatoms. The van der Waals surface area contributed by atoms with Gasteiger partial charge in [-0.25, -0.2) is 0 Å². The lowest BCUT2D eigenvalue weighted by Crippen LogP contribution is -2.25. The third-order valence-corrected chi connectivity index (χ3v) is 2.98. The average Bonchev–Trinajstić information content (AvgIpc) is 2.01. The fourth-order valence-electron chi connectivity index (χ4n) is 2.50. The standard InChI is InChI=1S/C11H20O/c1-4-11(12)10-6-8(2)5-9(3)7-10/h8-10H,4-7H2,1-3H3. The summed E-state index contributed by atoms with van der Waals surface area (Å²) in [6.07, 6.45) is 4.31. The SMILES string of the molecule is CCC(=O)C1CC(C)CC(C)C1. The van der Waals surface area contributed by atoms with Crippen molar-refractivity contribution >= 4 is 5.78 Å². The average molecular weight is 168 g/mol. The highest BCUT2D eigenvalue weighted by Crippen LogP contribution is 2.33. The summed E-state index contributed by atoms with van der Waals surface area (Å²) in [4.78, 5) is 11.5. The molecule has 2 atom stereocenters. The third-order valence-electron chi connectivity index (χ3n) is 2.98. The lowest BCUT2D eigenvalue weighted by atomic mass is 9.75. The monoisotopic (exact) mass is 168 g/mol. The van der Waals surface area contributed by atoms with Crippen LogP contribution in [0.2, 0.25) is 0 Å². The van der Waals surface area contributed by atoms with Gasteiger partial charge in [-0.15, -0.1) is 0 Å². The van der Waals surface area contributed by atoms with Gasteiger partial charge in [-0.05, 0) is 31.1 Å². The lowest BCUT2D eigenvalue weighted by Gasteiger charge is -2.30. The van der Waals surface area contributed by atoms with Crippen LogP contribution in [0.25, 0.3) is 0 Å². The van der Waals surface area contributed by atoms with Crippen molar-refractivity contribution in [3.63, 3.8) is 0 Å². The minimum atomic E-state index is 0.383. The zero-order chi connectivity index (χ0) is 9.14. The van der Waals surface area contributed by atoms with Crippen LogP contribution in [-0.4, -0.2) is 5.78 Å². The van der Waals surface area contributed by atoms with Crippen molar-refractivity contribution in [1.29, 1.82) is 0 Å². The Balaban J connectivity index is 2.49. The van der Waals surface area contributed by atoms with Crippen molar-refractivity contribution < 1.29 is 4.79 Å². The van der Waals surface area contributed by atoms with E-state index in [0.29, 0.717) is 11.7 Å². The van der Waals surface area contributed by atoms with Crippen molar-refractivity contribution in [2.75, 3.05) is 0 Å².